The van der Waals surface area contributed by atoms with E-state index in [1.54, 1.807) is 0 Å². The first-order valence-corrected chi connectivity index (χ1v) is 4.23. The molecule has 3 atom stereocenters. The molecule has 2 rings (SSSR count). The van der Waals surface area contributed by atoms with E-state index in [4.69, 9.17) is 9.84 Å². The minimum Gasteiger partial charge on any atom is -0.394 e. The van der Waals surface area contributed by atoms with Crippen LogP contribution in [0.25, 0.3) is 0 Å². The molecule has 0 aromatic heterocycles. The molecule has 1 aliphatic heterocycles. The van der Waals surface area contributed by atoms with Crippen LogP contribution in [0, 0.1) is 11.8 Å². The van der Waals surface area contributed by atoms with Crippen LogP contribution in [-0.4, -0.2) is 35.6 Å². The molecule has 3 nitrogen and oxygen atoms in total. The maximum Gasteiger partial charge on any atom is 0.107 e. The Labute approximate surface area is 66.0 Å². The van der Waals surface area contributed by atoms with Crippen LogP contribution in [0.3, 0.4) is 0 Å². The molecule has 0 radical (unpaired) electrons. The average molecular weight is 158 g/mol. The molecule has 0 amide bonds. The number of aliphatic hydroxyl groups excluding tert-OH is 2. The topological polar surface area (TPSA) is 49.7 Å². The molecule has 2 N–H and O–H groups in total. The molecule has 1 heterocycles. The predicted molar refractivity (Wildman–Crippen MR) is 39.0 cm³/mol. The quantitative estimate of drug-likeness (QED) is 0.583. The minimum atomic E-state index is -0.424. The summed E-state index contributed by atoms with van der Waals surface area (Å²) in [6, 6.07) is 0. The van der Waals surface area contributed by atoms with Gasteiger partial charge in [-0.2, -0.15) is 0 Å². The lowest BCUT2D eigenvalue weighted by molar-refractivity contribution is 0.00102. The standard InChI is InChI=1S/C8H14O3/c9-3-7-8(10)6(4-11-7)5-1-2-5/h5-10H,1-4H2. The lowest BCUT2D eigenvalue weighted by atomic mass is 9.97. The van der Waals surface area contributed by atoms with E-state index in [0.717, 1.165) is 0 Å². The third kappa shape index (κ3) is 1.28. The van der Waals surface area contributed by atoms with Crippen molar-refractivity contribution >= 4 is 0 Å². The van der Waals surface area contributed by atoms with Gasteiger partial charge in [0.05, 0.1) is 19.3 Å². The van der Waals surface area contributed by atoms with Gasteiger partial charge in [0.15, 0.2) is 0 Å². The van der Waals surface area contributed by atoms with Crippen molar-refractivity contribution in [2.24, 2.45) is 11.8 Å². The average Bonchev–Trinajstić information content (AvgIpc) is 2.77. The number of rotatable bonds is 2. The minimum absolute atomic E-state index is 0.0512. The first kappa shape index (κ1) is 7.53. The third-order valence-electron chi connectivity index (χ3n) is 2.73. The molecule has 1 saturated carbocycles. The maximum absolute atomic E-state index is 9.57. The summed E-state index contributed by atoms with van der Waals surface area (Å²) in [6.45, 7) is 0.585. The smallest absolute Gasteiger partial charge is 0.107 e. The van der Waals surface area contributed by atoms with Crippen LogP contribution in [0.1, 0.15) is 12.8 Å². The Morgan fingerprint density at radius 3 is 2.55 bits per heavy atom. The molecule has 64 valence electrons. The van der Waals surface area contributed by atoms with Crippen LogP contribution >= 0.6 is 0 Å². The van der Waals surface area contributed by atoms with Gasteiger partial charge in [-0.15, -0.1) is 0 Å². The molecule has 2 aliphatic rings. The van der Waals surface area contributed by atoms with Gasteiger partial charge in [-0.05, 0) is 18.8 Å². The Bertz CT molecular complexity index is 144. The van der Waals surface area contributed by atoms with E-state index in [2.05, 4.69) is 0 Å². The molecule has 3 unspecified atom stereocenters. The van der Waals surface area contributed by atoms with Gasteiger partial charge in [0.25, 0.3) is 0 Å². The van der Waals surface area contributed by atoms with Crippen molar-refractivity contribution in [3.63, 3.8) is 0 Å². The van der Waals surface area contributed by atoms with Gasteiger partial charge in [0.1, 0.15) is 6.10 Å². The fraction of sp³-hybridized carbons (Fsp3) is 1.00. The zero-order chi connectivity index (χ0) is 7.84. The Hall–Kier alpha value is -0.120. The lowest BCUT2D eigenvalue weighted by Crippen LogP contribution is -2.29. The van der Waals surface area contributed by atoms with Crippen molar-refractivity contribution in [1.82, 2.24) is 0 Å². The van der Waals surface area contributed by atoms with Crippen molar-refractivity contribution < 1.29 is 14.9 Å². The number of aliphatic hydroxyl groups is 2. The summed E-state index contributed by atoms with van der Waals surface area (Å²) in [5.41, 5.74) is 0. The molecule has 0 bridgehead atoms. The Morgan fingerprint density at radius 2 is 2.09 bits per heavy atom. The van der Waals surface area contributed by atoms with Gasteiger partial charge in [0.2, 0.25) is 0 Å². The van der Waals surface area contributed by atoms with E-state index in [-0.39, 0.29) is 12.7 Å². The van der Waals surface area contributed by atoms with Crippen molar-refractivity contribution in [2.75, 3.05) is 13.2 Å². The number of ether oxygens (including phenoxy) is 1. The van der Waals surface area contributed by atoms with Crippen LogP contribution in [0.2, 0.25) is 0 Å². The Balaban J connectivity index is 1.93. The fourth-order valence-electron chi connectivity index (χ4n) is 1.81. The molecule has 2 fully saturated rings. The normalized spacial score (nSPS) is 44.7. The van der Waals surface area contributed by atoms with Crippen molar-refractivity contribution in [2.45, 2.75) is 25.0 Å². The highest BCUT2D eigenvalue weighted by atomic mass is 16.5. The molecule has 0 spiro atoms. The first-order chi connectivity index (χ1) is 5.33. The van der Waals surface area contributed by atoms with Gasteiger partial charge in [-0.25, -0.2) is 0 Å². The van der Waals surface area contributed by atoms with E-state index >= 15 is 0 Å². The zero-order valence-corrected chi connectivity index (χ0v) is 6.44. The zero-order valence-electron chi connectivity index (χ0n) is 6.44. The summed E-state index contributed by atoms with van der Waals surface area (Å²) in [5.74, 6) is 0.966. The molecule has 1 aliphatic carbocycles. The summed E-state index contributed by atoms with van der Waals surface area (Å²) < 4.78 is 5.23. The molecule has 1 saturated heterocycles. The summed E-state index contributed by atoms with van der Waals surface area (Å²) in [7, 11) is 0. The van der Waals surface area contributed by atoms with Gasteiger partial charge in [0, 0.05) is 5.92 Å². The molecular formula is C8H14O3. The highest BCUT2D eigenvalue weighted by Crippen LogP contribution is 2.42. The monoisotopic (exact) mass is 158 g/mol. The van der Waals surface area contributed by atoms with Crippen molar-refractivity contribution in [3.8, 4) is 0 Å². The summed E-state index contributed by atoms with van der Waals surface area (Å²) in [6.07, 6.45) is 1.71. The van der Waals surface area contributed by atoms with E-state index in [9.17, 15) is 5.11 Å². The lowest BCUT2D eigenvalue weighted by Gasteiger charge is -2.14. The molecule has 3 heteroatoms. The number of hydrogen-bond acceptors (Lipinski definition) is 3. The highest BCUT2D eigenvalue weighted by Gasteiger charge is 2.43. The summed E-state index contributed by atoms with van der Waals surface area (Å²) in [4.78, 5) is 0. The van der Waals surface area contributed by atoms with Crippen LogP contribution in [-0.2, 0) is 4.74 Å². The first-order valence-electron chi connectivity index (χ1n) is 4.23. The highest BCUT2D eigenvalue weighted by molar-refractivity contribution is 4.92. The molecular weight excluding hydrogens is 144 g/mol. The van der Waals surface area contributed by atoms with Crippen LogP contribution < -0.4 is 0 Å². The van der Waals surface area contributed by atoms with Gasteiger partial charge < -0.3 is 14.9 Å². The Kier molecular flexibility index (Phi) is 1.87. The van der Waals surface area contributed by atoms with Gasteiger partial charge >= 0.3 is 0 Å². The summed E-state index contributed by atoms with van der Waals surface area (Å²) in [5, 5.41) is 18.3. The van der Waals surface area contributed by atoms with Crippen LogP contribution in [0.4, 0.5) is 0 Å². The molecule has 0 aromatic rings. The summed E-state index contributed by atoms with van der Waals surface area (Å²) >= 11 is 0. The Morgan fingerprint density at radius 1 is 1.36 bits per heavy atom. The van der Waals surface area contributed by atoms with Crippen LogP contribution in [0.15, 0.2) is 0 Å². The van der Waals surface area contributed by atoms with E-state index in [0.29, 0.717) is 18.4 Å². The van der Waals surface area contributed by atoms with E-state index in [1.807, 2.05) is 0 Å². The van der Waals surface area contributed by atoms with Crippen LogP contribution in [0.5, 0.6) is 0 Å². The fourth-order valence-corrected chi connectivity index (χ4v) is 1.81. The van der Waals surface area contributed by atoms with Gasteiger partial charge in [-0.3, -0.25) is 0 Å². The van der Waals surface area contributed by atoms with Gasteiger partial charge in [-0.1, -0.05) is 0 Å². The predicted octanol–water partition coefficient (Wildman–Crippen LogP) is -0.235. The largest absolute Gasteiger partial charge is 0.394 e. The third-order valence-corrected chi connectivity index (χ3v) is 2.73. The van der Waals surface area contributed by atoms with E-state index in [1.165, 1.54) is 12.8 Å². The SMILES string of the molecule is OCC1OCC(C2CC2)C1O. The maximum atomic E-state index is 9.57. The molecule has 0 aromatic carbocycles. The molecule has 11 heavy (non-hydrogen) atoms. The second-order valence-corrected chi connectivity index (χ2v) is 3.55. The van der Waals surface area contributed by atoms with Crippen molar-refractivity contribution in [3.05, 3.63) is 0 Å². The number of hydrogen-bond donors (Lipinski definition) is 2. The second kappa shape index (κ2) is 2.73. The van der Waals surface area contributed by atoms with E-state index < -0.39 is 6.10 Å². The second-order valence-electron chi connectivity index (χ2n) is 3.55. The van der Waals surface area contributed by atoms with Crippen molar-refractivity contribution in [1.29, 1.82) is 0 Å².